The van der Waals surface area contributed by atoms with Crippen LogP contribution >= 0.6 is 0 Å². The van der Waals surface area contributed by atoms with E-state index in [2.05, 4.69) is 0 Å². The third-order valence-electron chi connectivity index (χ3n) is 0. The van der Waals surface area contributed by atoms with Crippen molar-refractivity contribution in [1.29, 1.82) is 0 Å². The molecular formula is C8H16CoN4O4-4. The molecule has 0 aliphatic heterocycles. The number of hydrogen-bond acceptors (Lipinski definition) is 4. The first-order valence-electron chi connectivity index (χ1n) is 3.82. The second-order valence-electron chi connectivity index (χ2n) is 2.22. The number of carbonyl (C=O) groups is 4. The molecule has 0 aliphatic rings. The van der Waals surface area contributed by atoms with Gasteiger partial charge in [-0.25, -0.2) is 0 Å². The van der Waals surface area contributed by atoms with Crippen molar-refractivity contribution >= 4 is 23.6 Å². The third kappa shape index (κ3) is 848. The van der Waals surface area contributed by atoms with Gasteiger partial charge in [-0.3, -0.25) is 0 Å². The first kappa shape index (κ1) is 29.5. The maximum Gasteiger partial charge on any atom is 0.0456 e. The van der Waals surface area contributed by atoms with Crippen LogP contribution in [0.1, 0.15) is 27.7 Å². The fourth-order valence-corrected chi connectivity index (χ4v) is 0. The standard InChI is InChI=1S/4C2H5NO.Co/c4*1-2(3)4;/h4*1H3,(H2,3,4);/p-4. The fraction of sp³-hybridized carbons (Fsp3) is 0.500. The normalized spacial score (nSPS) is 5.88. The molecule has 1 radical (unpaired) electrons. The Hall–Kier alpha value is -1.61. The molecule has 0 aromatic heterocycles. The van der Waals surface area contributed by atoms with Crippen LogP contribution in [0, 0.1) is 0 Å². The van der Waals surface area contributed by atoms with Crippen LogP contribution in [-0.4, -0.2) is 23.6 Å². The summed E-state index contributed by atoms with van der Waals surface area (Å²) in [6.07, 6.45) is 0. The molecule has 17 heavy (non-hydrogen) atoms. The van der Waals surface area contributed by atoms with Crippen LogP contribution in [0.4, 0.5) is 0 Å². The van der Waals surface area contributed by atoms with Crippen molar-refractivity contribution in [2.75, 3.05) is 0 Å². The van der Waals surface area contributed by atoms with E-state index < -0.39 is 23.6 Å². The molecule has 8 nitrogen and oxygen atoms in total. The van der Waals surface area contributed by atoms with E-state index in [0.717, 1.165) is 0 Å². The molecule has 0 aromatic rings. The molecule has 105 valence electrons. The number of hydrogen-bond donors (Lipinski definition) is 0. The van der Waals surface area contributed by atoms with Gasteiger partial charge >= 0.3 is 0 Å². The van der Waals surface area contributed by atoms with Crippen LogP contribution in [0.2, 0.25) is 0 Å². The molecule has 0 aromatic carbocycles. The molecule has 0 atom stereocenters. The van der Waals surface area contributed by atoms with Crippen molar-refractivity contribution < 1.29 is 36.0 Å². The van der Waals surface area contributed by atoms with Crippen LogP contribution < -0.4 is 0 Å². The van der Waals surface area contributed by atoms with E-state index in [0.29, 0.717) is 0 Å². The van der Waals surface area contributed by atoms with E-state index in [1.165, 1.54) is 27.7 Å². The number of nitrogens with one attached hydrogen (secondary N) is 4. The van der Waals surface area contributed by atoms with Gasteiger partial charge in [0.2, 0.25) is 0 Å². The summed E-state index contributed by atoms with van der Waals surface area (Å²) >= 11 is 0. The van der Waals surface area contributed by atoms with E-state index in [1.807, 2.05) is 0 Å². The summed E-state index contributed by atoms with van der Waals surface area (Å²) in [5.74, 6) is -2.33. The third-order valence-corrected chi connectivity index (χ3v) is 0. The van der Waals surface area contributed by atoms with Crippen molar-refractivity contribution in [3.8, 4) is 0 Å². The van der Waals surface area contributed by atoms with Gasteiger partial charge in [-0.15, -0.1) is 0 Å². The van der Waals surface area contributed by atoms with Gasteiger partial charge in [0.1, 0.15) is 0 Å². The van der Waals surface area contributed by atoms with Crippen molar-refractivity contribution in [2.24, 2.45) is 0 Å². The minimum Gasteiger partial charge on any atom is -0.668 e. The van der Waals surface area contributed by atoms with E-state index in [-0.39, 0.29) is 16.8 Å². The molecular weight excluding hydrogens is 275 g/mol. The summed E-state index contributed by atoms with van der Waals surface area (Å²) < 4.78 is 0. The van der Waals surface area contributed by atoms with Gasteiger partial charge in [0.25, 0.3) is 0 Å². The first-order valence-corrected chi connectivity index (χ1v) is 3.82. The first-order chi connectivity index (χ1) is 6.93. The summed E-state index contributed by atoms with van der Waals surface area (Å²) in [5, 5.41) is 0. The van der Waals surface area contributed by atoms with E-state index >= 15 is 0 Å². The predicted molar refractivity (Wildman–Crippen MR) is 60.0 cm³/mol. The second kappa shape index (κ2) is 23.9. The largest absolute Gasteiger partial charge is 0.668 e. The van der Waals surface area contributed by atoms with Crippen LogP contribution in [0.15, 0.2) is 0 Å². The Morgan fingerprint density at radius 1 is 0.529 bits per heavy atom. The van der Waals surface area contributed by atoms with Crippen LogP contribution in [0.3, 0.4) is 0 Å². The van der Waals surface area contributed by atoms with Crippen molar-refractivity contribution in [2.45, 2.75) is 27.7 Å². The van der Waals surface area contributed by atoms with Gasteiger partial charge < -0.3 is 42.1 Å². The predicted octanol–water partition coefficient (Wildman–Crippen LogP) is 2.34. The van der Waals surface area contributed by atoms with Gasteiger partial charge in [0, 0.05) is 40.4 Å². The molecule has 0 rings (SSSR count). The molecule has 0 saturated carbocycles. The average Bonchev–Trinajstić information content (AvgIpc) is 1.76. The number of carbonyl (C=O) groups excluding carboxylic acids is 4. The molecule has 0 spiro atoms. The smallest absolute Gasteiger partial charge is 0.0456 e. The zero-order chi connectivity index (χ0) is 14.3. The monoisotopic (exact) mass is 291 g/mol. The molecule has 0 heterocycles. The summed E-state index contributed by atoms with van der Waals surface area (Å²) in [6, 6.07) is 0. The van der Waals surface area contributed by atoms with Gasteiger partial charge in [0.15, 0.2) is 0 Å². The Morgan fingerprint density at radius 2 is 0.529 bits per heavy atom. The number of amides is 4. The van der Waals surface area contributed by atoms with Gasteiger partial charge in [0.05, 0.1) is 0 Å². The number of rotatable bonds is 0. The second-order valence-corrected chi connectivity index (χ2v) is 2.22. The SMILES string of the molecule is CC([NH-])=O.CC([NH-])=O.CC([NH-])=O.CC([NH-])=O.[Co]. The van der Waals surface area contributed by atoms with E-state index in [9.17, 15) is 0 Å². The van der Waals surface area contributed by atoms with E-state index in [4.69, 9.17) is 42.1 Å². The summed E-state index contributed by atoms with van der Waals surface area (Å²) in [4.78, 5) is 36.4. The molecule has 9 heteroatoms. The molecule has 4 amide bonds. The van der Waals surface area contributed by atoms with Crippen LogP contribution in [0.25, 0.3) is 22.9 Å². The van der Waals surface area contributed by atoms with Gasteiger partial charge in [-0.05, 0) is 27.7 Å². The maximum atomic E-state index is 9.11. The summed E-state index contributed by atoms with van der Waals surface area (Å²) in [7, 11) is 0. The summed E-state index contributed by atoms with van der Waals surface area (Å²) in [5.41, 5.74) is 23.8. The Labute approximate surface area is 111 Å². The van der Waals surface area contributed by atoms with Crippen molar-refractivity contribution in [1.82, 2.24) is 0 Å². The molecule has 0 saturated heterocycles. The maximum absolute atomic E-state index is 9.11. The molecule has 4 N–H and O–H groups in total. The average molecular weight is 291 g/mol. The van der Waals surface area contributed by atoms with Gasteiger partial charge in [-0.2, -0.15) is 0 Å². The summed E-state index contributed by atoms with van der Waals surface area (Å²) in [6.45, 7) is 4.78. The minimum absolute atomic E-state index is 0. The molecule has 0 unspecified atom stereocenters. The van der Waals surface area contributed by atoms with Crippen molar-refractivity contribution in [3.05, 3.63) is 22.9 Å². The van der Waals surface area contributed by atoms with Crippen LogP contribution in [-0.2, 0) is 36.0 Å². The minimum atomic E-state index is -0.583. The van der Waals surface area contributed by atoms with Gasteiger partial charge in [-0.1, -0.05) is 0 Å². The Bertz CT molecular complexity index is 170. The Morgan fingerprint density at radius 3 is 0.529 bits per heavy atom. The molecule has 0 bridgehead atoms. The van der Waals surface area contributed by atoms with E-state index in [1.54, 1.807) is 0 Å². The Balaban J connectivity index is -0.0000000369. The van der Waals surface area contributed by atoms with Crippen molar-refractivity contribution in [3.63, 3.8) is 0 Å². The Kier molecular flexibility index (Phi) is 41.5. The fourth-order valence-electron chi connectivity index (χ4n) is 0. The quantitative estimate of drug-likeness (QED) is 0.668. The molecule has 0 fully saturated rings. The zero-order valence-corrected chi connectivity index (χ0v) is 11.0. The topological polar surface area (TPSA) is 163 Å². The molecule has 0 aliphatic carbocycles. The van der Waals surface area contributed by atoms with Crippen LogP contribution in [0.5, 0.6) is 0 Å². The zero-order valence-electron chi connectivity index (χ0n) is 9.97.